The number of nitrogens with two attached hydrogens (primary N) is 1. The Morgan fingerprint density at radius 1 is 1.08 bits per heavy atom. The van der Waals surface area contributed by atoms with Crippen LogP contribution >= 0.6 is 0 Å². The molecule has 2 aliphatic heterocycles. The van der Waals surface area contributed by atoms with Gasteiger partial charge in [-0.2, -0.15) is 0 Å². The molecule has 3 aromatic carbocycles. The van der Waals surface area contributed by atoms with Gasteiger partial charge in [-0.25, -0.2) is 4.79 Å². The first kappa shape index (κ1) is 37.1. The summed E-state index contributed by atoms with van der Waals surface area (Å²) in [5.74, 6) is -5.63. The monoisotopic (exact) mass is 693 g/mol. The third-order valence-corrected chi connectivity index (χ3v) is 7.98. The van der Waals surface area contributed by atoms with Gasteiger partial charge < -0.3 is 46.5 Å². The predicted octanol–water partition coefficient (Wildman–Crippen LogP) is 1.85. The molecule has 0 saturated carbocycles. The lowest BCUT2D eigenvalue weighted by molar-refractivity contribution is -0.385. The summed E-state index contributed by atoms with van der Waals surface area (Å²) in [6, 6.07) is 9.02. The Morgan fingerprint density at radius 3 is 2.40 bits per heavy atom. The molecule has 3 aromatic rings. The van der Waals surface area contributed by atoms with E-state index in [2.05, 4.69) is 16.0 Å². The lowest BCUT2D eigenvalue weighted by atomic mass is 9.97. The second kappa shape index (κ2) is 16.1. The number of ether oxygens (including phenoxy) is 2. The summed E-state index contributed by atoms with van der Waals surface area (Å²) in [6.07, 6.45) is -2.37. The molecule has 0 saturated heterocycles. The van der Waals surface area contributed by atoms with Crippen LogP contribution in [-0.4, -0.2) is 75.3 Å². The molecule has 0 radical (unpaired) electrons. The number of phenolic OH excluding ortho intramolecular Hbond substituents is 1. The van der Waals surface area contributed by atoms with E-state index in [0.29, 0.717) is 12.0 Å². The van der Waals surface area contributed by atoms with Crippen molar-refractivity contribution in [2.24, 2.45) is 11.7 Å². The molecule has 0 fully saturated rings. The molecule has 5 rings (SSSR count). The Labute approximate surface area is 286 Å². The highest BCUT2D eigenvalue weighted by Crippen LogP contribution is 2.44. The van der Waals surface area contributed by atoms with Crippen molar-refractivity contribution >= 4 is 29.4 Å². The number of aliphatic hydroxyl groups is 1. The van der Waals surface area contributed by atoms with Crippen molar-refractivity contribution in [3.05, 3.63) is 87.5 Å². The fraction of sp³-hybridized carbons (Fsp3) is 0.353. The van der Waals surface area contributed by atoms with E-state index in [4.69, 9.17) is 15.2 Å². The molecule has 2 aliphatic rings. The number of hydrogen-bond donors (Lipinski definition) is 7. The van der Waals surface area contributed by atoms with E-state index in [1.165, 1.54) is 19.2 Å². The number of rotatable bonds is 10. The minimum Gasteiger partial charge on any atom is -0.504 e. The van der Waals surface area contributed by atoms with E-state index in [1.807, 2.05) is 13.8 Å². The summed E-state index contributed by atoms with van der Waals surface area (Å²) in [5, 5.41) is 51.2. The van der Waals surface area contributed by atoms with Gasteiger partial charge in [-0.15, -0.1) is 0 Å². The number of carbonyl (C=O) groups excluding carboxylic acids is 3. The maximum atomic E-state index is 13.9. The maximum absolute atomic E-state index is 13.9. The number of fused-ring (bicyclic) bond motifs is 9. The van der Waals surface area contributed by atoms with Gasteiger partial charge in [0.25, 0.3) is 0 Å². The predicted molar refractivity (Wildman–Crippen MR) is 177 cm³/mol. The Hall–Kier alpha value is -5.74. The van der Waals surface area contributed by atoms with Crippen LogP contribution in [-0.2, 0) is 32.0 Å². The van der Waals surface area contributed by atoms with Crippen LogP contribution in [0.15, 0.2) is 60.7 Å². The molecule has 4 bridgehead atoms. The number of aromatic hydroxyl groups is 1. The molecule has 0 aliphatic carbocycles. The minimum atomic E-state index is -2.28. The number of carboxylic acids is 1. The van der Waals surface area contributed by atoms with Gasteiger partial charge in [-0.05, 0) is 47.2 Å². The van der Waals surface area contributed by atoms with Gasteiger partial charge in [0.2, 0.25) is 29.2 Å². The number of aliphatic carboxylic acids is 1. The lowest BCUT2D eigenvalue weighted by Gasteiger charge is -2.28. The zero-order chi connectivity index (χ0) is 36.7. The first-order valence-electron chi connectivity index (χ1n) is 15.7. The molecule has 0 spiro atoms. The molecule has 0 unspecified atom stereocenters. The first-order chi connectivity index (χ1) is 23.7. The highest BCUT2D eigenvalue weighted by Gasteiger charge is 2.35. The van der Waals surface area contributed by atoms with E-state index >= 15 is 0 Å². The summed E-state index contributed by atoms with van der Waals surface area (Å²) in [7, 11) is 1.19. The third-order valence-electron chi connectivity index (χ3n) is 7.98. The molecule has 5 atom stereocenters. The third kappa shape index (κ3) is 9.03. The van der Waals surface area contributed by atoms with Gasteiger partial charge in [0.1, 0.15) is 12.1 Å². The second-order valence-corrected chi connectivity index (χ2v) is 12.3. The molecular weight excluding hydrogens is 654 g/mol. The van der Waals surface area contributed by atoms with Crippen molar-refractivity contribution in [1.29, 1.82) is 0 Å². The van der Waals surface area contributed by atoms with E-state index in [9.17, 15) is 44.6 Å². The molecule has 50 heavy (non-hydrogen) atoms. The Bertz CT molecular complexity index is 1750. The molecule has 0 aromatic heterocycles. The number of hydrogen-bond acceptors (Lipinski definition) is 11. The van der Waals surface area contributed by atoms with Crippen LogP contribution in [0.5, 0.6) is 23.0 Å². The lowest BCUT2D eigenvalue weighted by Crippen LogP contribution is -2.57. The highest BCUT2D eigenvalue weighted by atomic mass is 16.6. The van der Waals surface area contributed by atoms with Crippen LogP contribution in [0.3, 0.4) is 0 Å². The zero-order valence-corrected chi connectivity index (χ0v) is 27.5. The molecular formula is C34H39N5O11. The van der Waals surface area contributed by atoms with Gasteiger partial charge in [0.05, 0.1) is 24.1 Å². The van der Waals surface area contributed by atoms with Gasteiger partial charge in [-0.1, -0.05) is 50.2 Å². The number of aliphatic hydroxyl groups excluding tert-OH is 1. The smallest absolute Gasteiger partial charge is 0.335 e. The molecule has 16 nitrogen and oxygen atoms in total. The molecule has 3 amide bonds. The number of nitro benzene ring substituents is 1. The summed E-state index contributed by atoms with van der Waals surface area (Å²) in [4.78, 5) is 64.5. The van der Waals surface area contributed by atoms with Gasteiger partial charge >= 0.3 is 11.7 Å². The van der Waals surface area contributed by atoms with Crippen molar-refractivity contribution in [3.63, 3.8) is 0 Å². The normalized spacial score (nSPS) is 19.0. The number of carboxylic acid groups (broad SMARTS) is 1. The standard InChI is InChI=1S/C34H39N5O11/c1-17(2)11-21(35)31(42)36-23-13-19-9-10-26(24(14-19)39(47)48)50-27-16-20(15-25(40)30(27)49-3)28(29(41)34(45)46)38-33(44)22(37-32(23)43)12-18-7-5-4-6-8-18/h4-10,14-17,21-23,28-29,40-41H,11-13,35H2,1-3H3,(H,36,42)(H,37,43)(H,38,44)(H,45,46)/t21-,22-,23+,28-,29-/m1/s1. The van der Waals surface area contributed by atoms with Crippen LogP contribution in [0.2, 0.25) is 0 Å². The first-order valence-corrected chi connectivity index (χ1v) is 15.7. The zero-order valence-electron chi connectivity index (χ0n) is 27.5. The Morgan fingerprint density at radius 2 is 1.78 bits per heavy atom. The van der Waals surface area contributed by atoms with E-state index in [-0.39, 0.29) is 47.1 Å². The van der Waals surface area contributed by atoms with Crippen molar-refractivity contribution in [2.75, 3.05) is 7.11 Å². The quantitative estimate of drug-likeness (QED) is 0.119. The fourth-order valence-corrected chi connectivity index (χ4v) is 5.52. The van der Waals surface area contributed by atoms with Crippen molar-refractivity contribution in [1.82, 2.24) is 16.0 Å². The van der Waals surface area contributed by atoms with Crippen LogP contribution in [0.1, 0.15) is 43.0 Å². The van der Waals surface area contributed by atoms with E-state index in [1.54, 1.807) is 30.3 Å². The van der Waals surface area contributed by atoms with E-state index < -0.39 is 70.3 Å². The van der Waals surface area contributed by atoms with Crippen molar-refractivity contribution in [3.8, 4) is 23.0 Å². The van der Waals surface area contributed by atoms with E-state index in [0.717, 1.165) is 18.2 Å². The number of nitrogens with zero attached hydrogens (tertiary/aromatic N) is 1. The molecule has 16 heteroatoms. The topological polar surface area (TPSA) is 253 Å². The average molecular weight is 694 g/mol. The molecule has 266 valence electrons. The SMILES string of the molecule is COc1c(O)cc2cc1Oc1ccc(cc1[N+](=O)[O-])C[C@H](NC(=O)[C@H](N)CC(C)C)C(=O)N[C@H](Cc1ccccc1)C(=O)N[C@H]2[C@@H](O)C(=O)O. The molecule has 2 heterocycles. The van der Waals surface area contributed by atoms with Crippen molar-refractivity contribution < 1.29 is 48.9 Å². The fourth-order valence-electron chi connectivity index (χ4n) is 5.52. The summed E-state index contributed by atoms with van der Waals surface area (Å²) in [6.45, 7) is 3.73. The van der Waals surface area contributed by atoms with Gasteiger partial charge in [0.15, 0.2) is 17.6 Å². The maximum Gasteiger partial charge on any atom is 0.335 e. The highest BCUT2D eigenvalue weighted by molar-refractivity contribution is 5.93. The number of carbonyl (C=O) groups is 4. The Kier molecular flexibility index (Phi) is 11.9. The largest absolute Gasteiger partial charge is 0.504 e. The Balaban J connectivity index is 1.90. The number of amides is 3. The summed E-state index contributed by atoms with van der Waals surface area (Å²) in [5.41, 5.74) is 6.20. The van der Waals surface area contributed by atoms with Crippen LogP contribution in [0.4, 0.5) is 5.69 Å². The number of phenols is 1. The number of methoxy groups -OCH3 is 1. The minimum absolute atomic E-state index is 0.0462. The van der Waals surface area contributed by atoms with Crippen molar-refractivity contribution in [2.45, 2.75) is 63.4 Å². The second-order valence-electron chi connectivity index (χ2n) is 12.3. The van der Waals surface area contributed by atoms with Crippen LogP contribution in [0, 0.1) is 16.0 Å². The summed E-state index contributed by atoms with van der Waals surface area (Å²) >= 11 is 0. The van der Waals surface area contributed by atoms with Crippen LogP contribution < -0.4 is 31.2 Å². The molecule has 8 N–H and O–H groups in total. The summed E-state index contributed by atoms with van der Waals surface area (Å²) < 4.78 is 11.1. The number of nitro groups is 1. The van der Waals surface area contributed by atoms with Gasteiger partial charge in [-0.3, -0.25) is 24.5 Å². The average Bonchev–Trinajstić information content (AvgIpc) is 3.06. The van der Waals surface area contributed by atoms with Gasteiger partial charge in [0, 0.05) is 18.9 Å². The number of benzene rings is 3. The van der Waals surface area contributed by atoms with Crippen LogP contribution in [0.25, 0.3) is 0 Å². The number of nitrogens with one attached hydrogen (secondary N) is 3.